The fraction of sp³-hybridized carbons (Fsp3) is 0.571. The Morgan fingerprint density at radius 1 is 1.56 bits per heavy atom. The summed E-state index contributed by atoms with van der Waals surface area (Å²) in [4.78, 5) is 0. The lowest BCUT2D eigenvalue weighted by Crippen LogP contribution is -2.37. The Morgan fingerprint density at radius 3 is 3.00 bits per heavy atom. The molecule has 0 spiro atoms. The van der Waals surface area contributed by atoms with E-state index in [1.165, 1.54) is 0 Å². The van der Waals surface area contributed by atoms with Crippen LogP contribution in [-0.2, 0) is 4.74 Å². The van der Waals surface area contributed by atoms with Crippen LogP contribution in [0.2, 0.25) is 0 Å². The van der Waals surface area contributed by atoms with E-state index in [1.54, 1.807) is 0 Å². The van der Waals surface area contributed by atoms with Crippen LogP contribution < -0.4 is 10.5 Å². The molecule has 2 rings (SSSR count). The molecule has 0 saturated carbocycles. The second-order valence-corrected chi connectivity index (χ2v) is 4.78. The zero-order valence-corrected chi connectivity index (χ0v) is 10.8. The standard InChI is InChI=1S/C14H21NO3/c1-2-18-12-5-3-4-11(8-12)13(16)14(9-15)6-7-17-10-14/h3-5,8,13,16H,2,6-7,9-10,15H2,1H3. The van der Waals surface area contributed by atoms with E-state index >= 15 is 0 Å². The Bertz CT molecular complexity index is 388. The number of rotatable bonds is 5. The molecule has 4 heteroatoms. The highest BCUT2D eigenvalue weighted by molar-refractivity contribution is 5.31. The van der Waals surface area contributed by atoms with Crippen LogP contribution in [0.1, 0.15) is 25.0 Å². The van der Waals surface area contributed by atoms with Crippen molar-refractivity contribution in [3.05, 3.63) is 29.8 Å². The van der Waals surface area contributed by atoms with Gasteiger partial charge in [0.25, 0.3) is 0 Å². The largest absolute Gasteiger partial charge is 0.494 e. The molecule has 2 unspecified atom stereocenters. The SMILES string of the molecule is CCOc1cccc(C(O)C2(CN)CCOC2)c1. The molecule has 0 aromatic heterocycles. The normalized spacial score (nSPS) is 25.1. The number of benzene rings is 1. The van der Waals surface area contributed by atoms with Crippen LogP contribution in [0.4, 0.5) is 0 Å². The van der Waals surface area contributed by atoms with Gasteiger partial charge in [-0.15, -0.1) is 0 Å². The molecule has 100 valence electrons. The topological polar surface area (TPSA) is 64.7 Å². The molecule has 18 heavy (non-hydrogen) atoms. The van der Waals surface area contributed by atoms with Crippen molar-refractivity contribution in [2.45, 2.75) is 19.4 Å². The van der Waals surface area contributed by atoms with Crippen molar-refractivity contribution in [3.63, 3.8) is 0 Å². The van der Waals surface area contributed by atoms with E-state index in [9.17, 15) is 5.11 Å². The third-order valence-corrected chi connectivity index (χ3v) is 3.61. The second-order valence-electron chi connectivity index (χ2n) is 4.78. The van der Waals surface area contributed by atoms with Crippen molar-refractivity contribution >= 4 is 0 Å². The Hall–Kier alpha value is -1.10. The third kappa shape index (κ3) is 2.51. The van der Waals surface area contributed by atoms with Crippen molar-refractivity contribution in [1.82, 2.24) is 0 Å². The molecule has 2 atom stereocenters. The van der Waals surface area contributed by atoms with Gasteiger partial charge in [0.15, 0.2) is 0 Å². The highest BCUT2D eigenvalue weighted by Crippen LogP contribution is 2.40. The van der Waals surface area contributed by atoms with Gasteiger partial charge in [-0.1, -0.05) is 12.1 Å². The van der Waals surface area contributed by atoms with Gasteiger partial charge in [0, 0.05) is 18.6 Å². The molecule has 0 aliphatic carbocycles. The molecule has 1 heterocycles. The van der Waals surface area contributed by atoms with Crippen LogP contribution in [0.5, 0.6) is 5.75 Å². The smallest absolute Gasteiger partial charge is 0.119 e. The van der Waals surface area contributed by atoms with Crippen molar-refractivity contribution in [2.24, 2.45) is 11.1 Å². The first-order valence-electron chi connectivity index (χ1n) is 6.40. The van der Waals surface area contributed by atoms with Gasteiger partial charge in [-0.3, -0.25) is 0 Å². The van der Waals surface area contributed by atoms with Crippen molar-refractivity contribution in [1.29, 1.82) is 0 Å². The molecule has 1 aromatic carbocycles. The fourth-order valence-corrected chi connectivity index (χ4v) is 2.41. The summed E-state index contributed by atoms with van der Waals surface area (Å²) in [5.41, 5.74) is 6.32. The van der Waals surface area contributed by atoms with Crippen molar-refractivity contribution in [2.75, 3.05) is 26.4 Å². The number of hydrogen-bond acceptors (Lipinski definition) is 4. The number of ether oxygens (including phenoxy) is 2. The molecular weight excluding hydrogens is 230 g/mol. The predicted octanol–water partition coefficient (Wildman–Crippen LogP) is 1.48. The second kappa shape index (κ2) is 5.69. The minimum Gasteiger partial charge on any atom is -0.494 e. The van der Waals surface area contributed by atoms with Crippen molar-refractivity contribution < 1.29 is 14.6 Å². The Morgan fingerprint density at radius 2 is 2.39 bits per heavy atom. The molecule has 3 N–H and O–H groups in total. The monoisotopic (exact) mass is 251 g/mol. The first-order chi connectivity index (χ1) is 8.72. The van der Waals surface area contributed by atoms with E-state index in [1.807, 2.05) is 31.2 Å². The summed E-state index contributed by atoms with van der Waals surface area (Å²) < 4.78 is 10.9. The maximum Gasteiger partial charge on any atom is 0.119 e. The molecule has 0 bridgehead atoms. The number of hydrogen-bond donors (Lipinski definition) is 2. The summed E-state index contributed by atoms with van der Waals surface area (Å²) in [6, 6.07) is 7.57. The molecule has 1 fully saturated rings. The van der Waals surface area contributed by atoms with Gasteiger partial charge in [-0.25, -0.2) is 0 Å². The van der Waals surface area contributed by atoms with Gasteiger partial charge >= 0.3 is 0 Å². The average molecular weight is 251 g/mol. The van der Waals surface area contributed by atoms with E-state index in [-0.39, 0.29) is 5.41 Å². The van der Waals surface area contributed by atoms with Gasteiger partial charge < -0.3 is 20.3 Å². The predicted molar refractivity (Wildman–Crippen MR) is 69.5 cm³/mol. The number of aliphatic hydroxyl groups is 1. The van der Waals surface area contributed by atoms with Gasteiger partial charge in [-0.05, 0) is 31.0 Å². The lowest BCUT2D eigenvalue weighted by molar-refractivity contribution is 0.0189. The molecule has 1 aliphatic heterocycles. The Kier molecular flexibility index (Phi) is 4.22. The van der Waals surface area contributed by atoms with E-state index < -0.39 is 6.10 Å². The molecule has 0 amide bonds. The highest BCUT2D eigenvalue weighted by atomic mass is 16.5. The molecule has 0 radical (unpaired) electrons. The average Bonchev–Trinajstić information content (AvgIpc) is 2.88. The van der Waals surface area contributed by atoms with E-state index in [4.69, 9.17) is 15.2 Å². The van der Waals surface area contributed by atoms with E-state index in [0.717, 1.165) is 17.7 Å². The van der Waals surface area contributed by atoms with E-state index in [2.05, 4.69) is 0 Å². The minimum absolute atomic E-state index is 0.356. The van der Waals surface area contributed by atoms with Crippen LogP contribution in [0.25, 0.3) is 0 Å². The van der Waals surface area contributed by atoms with Crippen LogP contribution in [0, 0.1) is 5.41 Å². The summed E-state index contributed by atoms with van der Waals surface area (Å²) in [5, 5.41) is 10.5. The Balaban J connectivity index is 2.21. The number of nitrogens with two attached hydrogens (primary N) is 1. The van der Waals surface area contributed by atoms with Gasteiger partial charge in [0.2, 0.25) is 0 Å². The summed E-state index contributed by atoms with van der Waals surface area (Å²) in [6.45, 7) is 4.16. The van der Waals surface area contributed by atoms with Gasteiger partial charge in [0.05, 0.1) is 19.3 Å². The Labute approximate surface area is 108 Å². The molecule has 1 aromatic rings. The van der Waals surface area contributed by atoms with Crippen molar-refractivity contribution in [3.8, 4) is 5.75 Å². The first-order valence-corrected chi connectivity index (χ1v) is 6.40. The van der Waals surface area contributed by atoms with Crippen LogP contribution >= 0.6 is 0 Å². The molecule has 1 saturated heterocycles. The lowest BCUT2D eigenvalue weighted by Gasteiger charge is -2.31. The van der Waals surface area contributed by atoms with E-state index in [0.29, 0.717) is 26.4 Å². The van der Waals surface area contributed by atoms with Crippen LogP contribution in [0.3, 0.4) is 0 Å². The molecular formula is C14H21NO3. The summed E-state index contributed by atoms with van der Waals surface area (Å²) >= 11 is 0. The van der Waals surface area contributed by atoms with Crippen LogP contribution in [0.15, 0.2) is 24.3 Å². The fourth-order valence-electron chi connectivity index (χ4n) is 2.41. The van der Waals surface area contributed by atoms with Crippen LogP contribution in [-0.4, -0.2) is 31.5 Å². The summed E-state index contributed by atoms with van der Waals surface area (Å²) in [6.07, 6.45) is 0.189. The van der Waals surface area contributed by atoms with Gasteiger partial charge in [-0.2, -0.15) is 0 Å². The summed E-state index contributed by atoms with van der Waals surface area (Å²) in [5.74, 6) is 0.778. The zero-order valence-electron chi connectivity index (χ0n) is 10.8. The lowest BCUT2D eigenvalue weighted by atomic mass is 9.78. The molecule has 4 nitrogen and oxygen atoms in total. The summed E-state index contributed by atoms with van der Waals surface area (Å²) in [7, 11) is 0. The first kappa shape index (κ1) is 13.3. The maximum absolute atomic E-state index is 10.5. The maximum atomic E-state index is 10.5. The molecule has 1 aliphatic rings. The number of aliphatic hydroxyl groups excluding tert-OH is 1. The third-order valence-electron chi connectivity index (χ3n) is 3.61. The highest BCUT2D eigenvalue weighted by Gasteiger charge is 2.41. The minimum atomic E-state index is -0.606. The quantitative estimate of drug-likeness (QED) is 0.832. The van der Waals surface area contributed by atoms with Gasteiger partial charge in [0.1, 0.15) is 5.75 Å². The zero-order chi connectivity index (χ0) is 13.0.